The molecule has 0 amide bonds. The topological polar surface area (TPSA) is 72.0 Å². The third kappa shape index (κ3) is 3.56. The molecule has 0 radical (unpaired) electrons. The Hall–Kier alpha value is -2.20. The van der Waals surface area contributed by atoms with Crippen LogP contribution < -0.4 is 9.47 Å². The number of rotatable bonds is 4. The van der Waals surface area contributed by atoms with Crippen molar-refractivity contribution in [1.29, 1.82) is 0 Å². The van der Waals surface area contributed by atoms with E-state index in [0.717, 1.165) is 10.5 Å². The third-order valence-corrected chi connectivity index (χ3v) is 8.74. The van der Waals surface area contributed by atoms with Gasteiger partial charge in [0.1, 0.15) is 18.2 Å². The van der Waals surface area contributed by atoms with Crippen LogP contribution in [0.5, 0.6) is 11.5 Å². The maximum atomic E-state index is 13.1. The van der Waals surface area contributed by atoms with Crippen LogP contribution in [0.4, 0.5) is 0 Å². The van der Waals surface area contributed by atoms with Gasteiger partial charge < -0.3 is 9.47 Å². The number of hydrogen-bond donors (Lipinski definition) is 0. The molecular formula is C21H23N3O4S2. The van der Waals surface area contributed by atoms with Crippen LogP contribution in [-0.2, 0) is 10.0 Å². The van der Waals surface area contributed by atoms with Crippen LogP contribution in [0.2, 0.25) is 0 Å². The first-order valence-electron chi connectivity index (χ1n) is 10.0. The number of benzene rings is 2. The second kappa shape index (κ2) is 7.81. The SMILES string of the molecule is C[C@@H](c1nc2ccccc2s1)N1CCN(S(=O)(=O)c2ccc3c(c2)OCCO3)CC1. The molecule has 0 bridgehead atoms. The minimum absolute atomic E-state index is 0.154. The summed E-state index contributed by atoms with van der Waals surface area (Å²) in [6.45, 7) is 5.29. The molecule has 5 rings (SSSR count). The van der Waals surface area contributed by atoms with Crippen molar-refractivity contribution in [2.75, 3.05) is 39.4 Å². The molecule has 1 aromatic heterocycles. The van der Waals surface area contributed by atoms with Gasteiger partial charge in [-0.15, -0.1) is 11.3 Å². The van der Waals surface area contributed by atoms with Crippen LogP contribution in [0.15, 0.2) is 47.4 Å². The molecule has 3 aromatic rings. The Balaban J connectivity index is 1.29. The molecule has 1 fully saturated rings. The first-order valence-corrected chi connectivity index (χ1v) is 12.3. The molecular weight excluding hydrogens is 422 g/mol. The number of thiazole rings is 1. The molecule has 30 heavy (non-hydrogen) atoms. The van der Waals surface area contributed by atoms with Gasteiger partial charge in [0.15, 0.2) is 11.5 Å². The standard InChI is InChI=1S/C21H23N3O4S2/c1-15(21-22-17-4-2-3-5-20(17)29-21)23-8-10-24(11-9-23)30(25,26)16-6-7-18-19(14-16)28-13-12-27-18/h2-7,14-15H,8-13H2,1H3/t15-/m0/s1. The number of fused-ring (bicyclic) bond motifs is 2. The fourth-order valence-electron chi connectivity index (χ4n) is 3.89. The van der Waals surface area contributed by atoms with Crippen molar-refractivity contribution in [3.8, 4) is 11.5 Å². The van der Waals surface area contributed by atoms with E-state index in [0.29, 0.717) is 50.9 Å². The Morgan fingerprint density at radius 1 is 1.00 bits per heavy atom. The Kier molecular flexibility index (Phi) is 5.14. The summed E-state index contributed by atoms with van der Waals surface area (Å²) in [6, 6.07) is 13.1. The number of ether oxygens (including phenoxy) is 2. The minimum Gasteiger partial charge on any atom is -0.486 e. The van der Waals surface area contributed by atoms with Crippen LogP contribution in [0.25, 0.3) is 10.2 Å². The van der Waals surface area contributed by atoms with Crippen LogP contribution in [0.1, 0.15) is 18.0 Å². The lowest BCUT2D eigenvalue weighted by Crippen LogP contribution is -2.49. The number of sulfonamides is 1. The summed E-state index contributed by atoms with van der Waals surface area (Å²) < 4.78 is 40.1. The molecule has 158 valence electrons. The lowest BCUT2D eigenvalue weighted by Gasteiger charge is -2.36. The zero-order valence-electron chi connectivity index (χ0n) is 16.7. The first-order chi connectivity index (χ1) is 14.5. The van der Waals surface area contributed by atoms with E-state index >= 15 is 0 Å². The summed E-state index contributed by atoms with van der Waals surface area (Å²) >= 11 is 1.70. The molecule has 2 aromatic carbocycles. The predicted molar refractivity (Wildman–Crippen MR) is 116 cm³/mol. The summed E-state index contributed by atoms with van der Waals surface area (Å²) in [7, 11) is -3.57. The smallest absolute Gasteiger partial charge is 0.243 e. The second-order valence-electron chi connectivity index (χ2n) is 7.44. The predicted octanol–water partition coefficient (Wildman–Crippen LogP) is 3.14. The van der Waals surface area contributed by atoms with E-state index in [1.807, 2.05) is 18.2 Å². The summed E-state index contributed by atoms with van der Waals surface area (Å²) in [5.41, 5.74) is 1.02. The van der Waals surface area contributed by atoms with Crippen molar-refractivity contribution in [1.82, 2.24) is 14.2 Å². The van der Waals surface area contributed by atoms with Gasteiger partial charge in [0, 0.05) is 32.2 Å². The number of nitrogens with zero attached hydrogens (tertiary/aromatic N) is 3. The van der Waals surface area contributed by atoms with E-state index in [1.165, 1.54) is 4.70 Å². The molecule has 3 heterocycles. The molecule has 7 nitrogen and oxygen atoms in total. The van der Waals surface area contributed by atoms with Gasteiger partial charge in [-0.05, 0) is 31.2 Å². The average molecular weight is 446 g/mol. The van der Waals surface area contributed by atoms with Crippen LogP contribution in [0, 0.1) is 0 Å². The van der Waals surface area contributed by atoms with Gasteiger partial charge in [-0.25, -0.2) is 13.4 Å². The van der Waals surface area contributed by atoms with Crippen molar-refractivity contribution in [2.24, 2.45) is 0 Å². The van der Waals surface area contributed by atoms with E-state index in [-0.39, 0.29) is 10.9 Å². The average Bonchev–Trinajstić information content (AvgIpc) is 3.22. The molecule has 1 saturated heterocycles. The molecule has 0 saturated carbocycles. The molecule has 2 aliphatic heterocycles. The van der Waals surface area contributed by atoms with Crippen molar-refractivity contribution in [3.63, 3.8) is 0 Å². The van der Waals surface area contributed by atoms with E-state index in [9.17, 15) is 8.42 Å². The normalized spacial score (nSPS) is 19.1. The van der Waals surface area contributed by atoms with E-state index in [2.05, 4.69) is 17.9 Å². The quantitative estimate of drug-likeness (QED) is 0.614. The Morgan fingerprint density at radius 3 is 2.50 bits per heavy atom. The lowest BCUT2D eigenvalue weighted by molar-refractivity contribution is 0.145. The second-order valence-corrected chi connectivity index (χ2v) is 10.4. The van der Waals surface area contributed by atoms with Gasteiger partial charge in [-0.2, -0.15) is 4.31 Å². The lowest BCUT2D eigenvalue weighted by atomic mass is 10.2. The van der Waals surface area contributed by atoms with Crippen molar-refractivity contribution in [3.05, 3.63) is 47.5 Å². The number of hydrogen-bond acceptors (Lipinski definition) is 7. The van der Waals surface area contributed by atoms with Gasteiger partial charge in [-0.3, -0.25) is 4.90 Å². The summed E-state index contributed by atoms with van der Waals surface area (Å²) in [5, 5.41) is 1.07. The largest absolute Gasteiger partial charge is 0.486 e. The molecule has 9 heteroatoms. The highest BCUT2D eigenvalue weighted by Gasteiger charge is 2.32. The van der Waals surface area contributed by atoms with E-state index in [4.69, 9.17) is 14.5 Å². The minimum atomic E-state index is -3.57. The molecule has 0 spiro atoms. The van der Waals surface area contributed by atoms with Crippen LogP contribution >= 0.6 is 11.3 Å². The van der Waals surface area contributed by atoms with Gasteiger partial charge in [-0.1, -0.05) is 12.1 Å². The van der Waals surface area contributed by atoms with Gasteiger partial charge >= 0.3 is 0 Å². The summed E-state index contributed by atoms with van der Waals surface area (Å²) in [6.07, 6.45) is 0. The fourth-order valence-corrected chi connectivity index (χ4v) is 6.38. The number of para-hydroxylation sites is 1. The highest BCUT2D eigenvalue weighted by atomic mass is 32.2. The highest BCUT2D eigenvalue weighted by Crippen LogP contribution is 2.34. The van der Waals surface area contributed by atoms with Gasteiger partial charge in [0.05, 0.1) is 21.2 Å². The zero-order chi connectivity index (χ0) is 20.7. The number of piperazine rings is 1. The molecule has 0 unspecified atom stereocenters. The Bertz CT molecular complexity index is 1140. The van der Waals surface area contributed by atoms with Crippen LogP contribution in [0.3, 0.4) is 0 Å². The first kappa shape index (κ1) is 19.7. The van der Waals surface area contributed by atoms with E-state index in [1.54, 1.807) is 33.8 Å². The van der Waals surface area contributed by atoms with E-state index < -0.39 is 10.0 Å². The summed E-state index contributed by atoms with van der Waals surface area (Å²) in [4.78, 5) is 7.31. The van der Waals surface area contributed by atoms with Crippen LogP contribution in [-0.4, -0.2) is 62.0 Å². The maximum absolute atomic E-state index is 13.1. The highest BCUT2D eigenvalue weighted by molar-refractivity contribution is 7.89. The Labute approximate surface area is 179 Å². The van der Waals surface area contributed by atoms with Crippen molar-refractivity contribution in [2.45, 2.75) is 17.9 Å². The van der Waals surface area contributed by atoms with Gasteiger partial charge in [0.25, 0.3) is 0 Å². The number of aromatic nitrogens is 1. The summed E-state index contributed by atoms with van der Waals surface area (Å²) in [5.74, 6) is 1.08. The van der Waals surface area contributed by atoms with Gasteiger partial charge in [0.2, 0.25) is 10.0 Å². The fraction of sp³-hybridized carbons (Fsp3) is 0.381. The monoisotopic (exact) mass is 445 g/mol. The third-order valence-electron chi connectivity index (χ3n) is 5.64. The Morgan fingerprint density at radius 2 is 1.73 bits per heavy atom. The zero-order valence-corrected chi connectivity index (χ0v) is 18.3. The van der Waals surface area contributed by atoms with Crippen molar-refractivity contribution < 1.29 is 17.9 Å². The molecule has 0 aliphatic carbocycles. The molecule has 0 N–H and O–H groups in total. The molecule has 1 atom stereocenters. The maximum Gasteiger partial charge on any atom is 0.243 e. The molecule has 2 aliphatic rings. The van der Waals surface area contributed by atoms with Crippen molar-refractivity contribution >= 4 is 31.6 Å².